The Labute approximate surface area is 342 Å². The zero-order chi connectivity index (χ0) is 40.3. The second-order valence-corrected chi connectivity index (χ2v) is 17.7. The zero-order valence-corrected chi connectivity index (χ0v) is 33.6. The lowest BCUT2D eigenvalue weighted by atomic mass is 9.86. The average Bonchev–Trinajstić information content (AvgIpc) is 3.68. The number of halogens is 1. The number of piperazine rings is 1. The fourth-order valence-electron chi connectivity index (χ4n) is 9.77. The lowest BCUT2D eigenvalue weighted by molar-refractivity contribution is -0.136. The third-order valence-corrected chi connectivity index (χ3v) is 13.5. The van der Waals surface area contributed by atoms with Crippen molar-refractivity contribution in [1.29, 1.82) is 0 Å². The van der Waals surface area contributed by atoms with E-state index in [0.717, 1.165) is 124 Å². The first-order valence-electron chi connectivity index (χ1n) is 21.5. The topological polar surface area (TPSA) is 149 Å². The smallest absolute Gasteiger partial charge is 0.255 e. The molecule has 2 saturated carbocycles. The molecule has 6 heterocycles. The molecular formula is C44H52FN9O5. The van der Waals surface area contributed by atoms with Gasteiger partial charge in [-0.25, -0.2) is 14.4 Å². The summed E-state index contributed by atoms with van der Waals surface area (Å²) in [5.41, 5.74) is 4.06. The number of hydrogen-bond acceptors (Lipinski definition) is 11. The molecule has 2 aromatic carbocycles. The van der Waals surface area contributed by atoms with Crippen LogP contribution in [0.1, 0.15) is 87.1 Å². The Morgan fingerprint density at radius 1 is 0.864 bits per heavy atom. The van der Waals surface area contributed by atoms with Gasteiger partial charge in [-0.3, -0.25) is 29.7 Å². The van der Waals surface area contributed by atoms with Crippen molar-refractivity contribution < 1.29 is 28.2 Å². The molecule has 59 heavy (non-hydrogen) atoms. The van der Waals surface area contributed by atoms with Crippen LogP contribution >= 0.6 is 0 Å². The van der Waals surface area contributed by atoms with Crippen LogP contribution in [0.5, 0.6) is 5.75 Å². The minimum absolute atomic E-state index is 0.0483. The number of rotatable bonds is 10. The van der Waals surface area contributed by atoms with Gasteiger partial charge in [0.05, 0.1) is 34.8 Å². The standard InChI is InChI=1S/C44H52FN9O5/c1-44(12-13-44)59-31-6-7-35-33(21-31)41(50-49-35)36-23-39(47-26-46-36)53-18-16-51(17-19-53)24-27-2-4-29(5-3-27)58-30-10-14-52(15-11-30)38-20-28-25-54(43(57)32(28)22-34(38)45)37-8-9-40(55)48-42(37)56/h6-7,20-23,26-27,29-30,37H,2-5,8-19,24-25H2,1H3,(H,49,50)(H,48,55,56). The molecule has 0 bridgehead atoms. The van der Waals surface area contributed by atoms with E-state index in [2.05, 4.69) is 59.2 Å². The summed E-state index contributed by atoms with van der Waals surface area (Å²) in [6.45, 7) is 8.69. The van der Waals surface area contributed by atoms with Crippen LogP contribution < -0.4 is 19.9 Å². The Hall–Kier alpha value is -5.15. The summed E-state index contributed by atoms with van der Waals surface area (Å²) in [6.07, 6.45) is 10.8. The summed E-state index contributed by atoms with van der Waals surface area (Å²) >= 11 is 0. The minimum Gasteiger partial charge on any atom is -0.488 e. The van der Waals surface area contributed by atoms with Gasteiger partial charge in [0.25, 0.3) is 5.91 Å². The molecule has 4 aliphatic heterocycles. The fraction of sp³-hybridized carbons (Fsp3) is 0.545. The van der Waals surface area contributed by atoms with E-state index in [1.807, 2.05) is 12.1 Å². The SMILES string of the molecule is CC1(Oc2ccc3n[nH]c(-c4cc(N5CCN(CC6CCC(OC7CCN(c8cc9c(cc8F)C(=O)N(C8CCC(=O)NC8=O)C9)CC7)CC6)CC5)ncn4)c3c2)CC1. The number of nitrogens with zero attached hydrogens (tertiary/aromatic N) is 7. The number of amides is 3. The van der Waals surface area contributed by atoms with E-state index in [-0.39, 0.29) is 49.0 Å². The van der Waals surface area contributed by atoms with Crippen molar-refractivity contribution in [2.45, 2.75) is 102 Å². The predicted molar refractivity (Wildman–Crippen MR) is 219 cm³/mol. The Bertz CT molecular complexity index is 2260. The number of carbonyl (C=O) groups is 3. The minimum atomic E-state index is -0.717. The molecule has 15 heteroatoms. The highest BCUT2D eigenvalue weighted by atomic mass is 19.1. The Balaban J connectivity index is 0.667. The third kappa shape index (κ3) is 7.86. The van der Waals surface area contributed by atoms with E-state index >= 15 is 4.39 Å². The largest absolute Gasteiger partial charge is 0.488 e. The third-order valence-electron chi connectivity index (χ3n) is 13.5. The van der Waals surface area contributed by atoms with E-state index in [4.69, 9.17) is 9.47 Å². The molecule has 310 valence electrons. The quantitative estimate of drug-likeness (QED) is 0.204. The first-order chi connectivity index (χ1) is 28.6. The summed E-state index contributed by atoms with van der Waals surface area (Å²) in [7, 11) is 0. The van der Waals surface area contributed by atoms with Crippen molar-refractivity contribution >= 4 is 40.1 Å². The van der Waals surface area contributed by atoms with E-state index in [0.29, 0.717) is 30.3 Å². The van der Waals surface area contributed by atoms with Crippen molar-refractivity contribution in [3.63, 3.8) is 0 Å². The van der Waals surface area contributed by atoms with Crippen LogP contribution in [0.3, 0.4) is 0 Å². The Kier molecular flexibility index (Phi) is 9.98. The molecular weight excluding hydrogens is 754 g/mol. The summed E-state index contributed by atoms with van der Waals surface area (Å²) in [5, 5.41) is 11.0. The van der Waals surface area contributed by atoms with E-state index in [1.165, 1.54) is 11.0 Å². The summed E-state index contributed by atoms with van der Waals surface area (Å²) < 4.78 is 28.3. The first-order valence-corrected chi connectivity index (χ1v) is 21.5. The highest BCUT2D eigenvalue weighted by Crippen LogP contribution is 2.41. The highest BCUT2D eigenvalue weighted by Gasteiger charge is 2.41. The van der Waals surface area contributed by atoms with Crippen molar-refractivity contribution in [2.24, 2.45) is 5.92 Å². The summed E-state index contributed by atoms with van der Waals surface area (Å²) in [6, 6.07) is 10.5. The molecule has 1 unspecified atom stereocenters. The fourth-order valence-corrected chi connectivity index (χ4v) is 9.77. The van der Waals surface area contributed by atoms with Crippen molar-refractivity contribution in [1.82, 2.24) is 35.3 Å². The van der Waals surface area contributed by atoms with Gasteiger partial charge in [0.15, 0.2) is 0 Å². The van der Waals surface area contributed by atoms with Gasteiger partial charge >= 0.3 is 0 Å². The molecule has 3 amide bonds. The number of imide groups is 1. The molecule has 6 aliphatic rings. The van der Waals surface area contributed by atoms with E-state index in [9.17, 15) is 14.4 Å². The number of fused-ring (bicyclic) bond motifs is 2. The van der Waals surface area contributed by atoms with Crippen molar-refractivity contribution in [2.75, 3.05) is 55.6 Å². The van der Waals surface area contributed by atoms with Crippen LogP contribution in [-0.2, 0) is 20.9 Å². The summed E-state index contributed by atoms with van der Waals surface area (Å²) in [5.74, 6) is 0.884. The van der Waals surface area contributed by atoms with Crippen LogP contribution in [0.2, 0.25) is 0 Å². The molecule has 2 aromatic heterocycles. The second-order valence-electron chi connectivity index (χ2n) is 17.7. The van der Waals surface area contributed by atoms with Crippen LogP contribution in [-0.4, -0.2) is 117 Å². The second kappa shape index (κ2) is 15.5. The molecule has 0 radical (unpaired) electrons. The van der Waals surface area contributed by atoms with Gasteiger partial charge in [0, 0.05) is 75.8 Å². The monoisotopic (exact) mass is 805 g/mol. The van der Waals surface area contributed by atoms with Gasteiger partial charge in [-0.2, -0.15) is 5.10 Å². The number of carbonyl (C=O) groups excluding carboxylic acids is 3. The number of aromatic nitrogens is 4. The molecule has 1 atom stereocenters. The average molecular weight is 806 g/mol. The van der Waals surface area contributed by atoms with Gasteiger partial charge in [-0.05, 0) is 107 Å². The number of nitrogens with one attached hydrogen (secondary N) is 2. The van der Waals surface area contributed by atoms with E-state index < -0.39 is 17.8 Å². The van der Waals surface area contributed by atoms with Gasteiger partial charge in [-0.15, -0.1) is 0 Å². The molecule has 5 fully saturated rings. The molecule has 2 aliphatic carbocycles. The maximum Gasteiger partial charge on any atom is 0.255 e. The molecule has 3 saturated heterocycles. The number of aromatic amines is 1. The van der Waals surface area contributed by atoms with Gasteiger partial charge in [0.2, 0.25) is 11.8 Å². The lowest BCUT2D eigenvalue weighted by Gasteiger charge is -2.39. The van der Waals surface area contributed by atoms with Crippen LogP contribution in [0, 0.1) is 11.7 Å². The van der Waals surface area contributed by atoms with Crippen LogP contribution in [0.15, 0.2) is 42.7 Å². The molecule has 0 spiro atoms. The number of piperidine rings is 2. The van der Waals surface area contributed by atoms with Crippen molar-refractivity contribution in [3.05, 3.63) is 59.7 Å². The Morgan fingerprint density at radius 3 is 2.41 bits per heavy atom. The Morgan fingerprint density at radius 2 is 1.64 bits per heavy atom. The van der Waals surface area contributed by atoms with Gasteiger partial charge < -0.3 is 24.2 Å². The first kappa shape index (κ1) is 38.1. The number of H-pyrrole nitrogens is 1. The number of anilines is 2. The molecule has 4 aromatic rings. The maximum atomic E-state index is 15.4. The number of ether oxygens (including phenoxy) is 2. The van der Waals surface area contributed by atoms with Gasteiger partial charge in [0.1, 0.15) is 35.4 Å². The van der Waals surface area contributed by atoms with E-state index in [1.54, 1.807) is 12.4 Å². The number of hydrogen-bond donors (Lipinski definition) is 2. The van der Waals surface area contributed by atoms with Crippen molar-refractivity contribution in [3.8, 4) is 17.1 Å². The number of benzene rings is 2. The molecule has 14 nitrogen and oxygen atoms in total. The van der Waals surface area contributed by atoms with Gasteiger partial charge in [-0.1, -0.05) is 0 Å². The van der Waals surface area contributed by atoms with Crippen LogP contribution in [0.25, 0.3) is 22.3 Å². The lowest BCUT2D eigenvalue weighted by Crippen LogP contribution is -2.52. The molecule has 10 rings (SSSR count). The summed E-state index contributed by atoms with van der Waals surface area (Å²) in [4.78, 5) is 54.9. The predicted octanol–water partition coefficient (Wildman–Crippen LogP) is 5.22. The maximum absolute atomic E-state index is 15.4. The highest BCUT2D eigenvalue weighted by molar-refractivity contribution is 6.05. The van der Waals surface area contributed by atoms with Crippen LogP contribution in [0.4, 0.5) is 15.9 Å². The normalized spacial score (nSPS) is 25.1. The molecule has 2 N–H and O–H groups in total. The zero-order valence-electron chi connectivity index (χ0n) is 33.6.